The first-order chi connectivity index (χ1) is 13.7. The number of hydrogen-bond acceptors (Lipinski definition) is 3. The summed E-state index contributed by atoms with van der Waals surface area (Å²) in [6, 6.07) is 20.6. The summed E-state index contributed by atoms with van der Waals surface area (Å²) in [4.78, 5) is 4.19. The average Bonchev–Trinajstić information content (AvgIpc) is 3.18. The second-order valence-corrected chi connectivity index (χ2v) is 6.68. The van der Waals surface area contributed by atoms with E-state index in [-0.39, 0.29) is 11.9 Å². The predicted molar refractivity (Wildman–Crippen MR) is 108 cm³/mol. The van der Waals surface area contributed by atoms with E-state index >= 15 is 0 Å². The van der Waals surface area contributed by atoms with E-state index in [2.05, 4.69) is 23.3 Å². The van der Waals surface area contributed by atoms with Crippen molar-refractivity contribution in [3.63, 3.8) is 0 Å². The Morgan fingerprint density at radius 1 is 1.00 bits per heavy atom. The van der Waals surface area contributed by atoms with Crippen LogP contribution < -0.4 is 5.32 Å². The third kappa shape index (κ3) is 4.00. The fourth-order valence-corrected chi connectivity index (χ4v) is 3.12. The second kappa shape index (κ2) is 8.15. The summed E-state index contributed by atoms with van der Waals surface area (Å²) in [7, 11) is 0. The van der Waals surface area contributed by atoms with E-state index in [1.807, 2.05) is 53.5 Å². The Kier molecular flexibility index (Phi) is 5.26. The van der Waals surface area contributed by atoms with Gasteiger partial charge in [0.25, 0.3) is 0 Å². The molecule has 5 heteroatoms. The zero-order valence-corrected chi connectivity index (χ0v) is 15.6. The van der Waals surface area contributed by atoms with Gasteiger partial charge in [-0.2, -0.15) is 5.10 Å². The summed E-state index contributed by atoms with van der Waals surface area (Å²) < 4.78 is 15.2. The van der Waals surface area contributed by atoms with Gasteiger partial charge in [0.05, 0.1) is 11.4 Å². The van der Waals surface area contributed by atoms with Crippen LogP contribution in [0.2, 0.25) is 0 Å². The van der Waals surface area contributed by atoms with E-state index < -0.39 is 0 Å². The normalized spacial score (nSPS) is 12.1. The van der Waals surface area contributed by atoms with E-state index in [1.54, 1.807) is 18.3 Å². The van der Waals surface area contributed by atoms with Gasteiger partial charge in [0.15, 0.2) is 0 Å². The van der Waals surface area contributed by atoms with Gasteiger partial charge in [0.1, 0.15) is 5.82 Å². The van der Waals surface area contributed by atoms with Crippen molar-refractivity contribution in [3.05, 3.63) is 102 Å². The molecule has 140 valence electrons. The largest absolute Gasteiger partial charge is 0.306 e. The maximum Gasteiger partial charge on any atom is 0.123 e. The predicted octanol–water partition coefficient (Wildman–Crippen LogP) is 4.92. The molecule has 4 nitrogen and oxygen atoms in total. The Hall–Kier alpha value is -3.31. The van der Waals surface area contributed by atoms with Gasteiger partial charge < -0.3 is 5.32 Å². The molecule has 0 aliphatic carbocycles. The highest BCUT2D eigenvalue weighted by Crippen LogP contribution is 2.25. The molecule has 0 saturated carbocycles. The quantitative estimate of drug-likeness (QED) is 0.522. The minimum atomic E-state index is -0.254. The van der Waals surface area contributed by atoms with Crippen molar-refractivity contribution in [1.29, 1.82) is 0 Å². The van der Waals surface area contributed by atoms with Crippen LogP contribution in [0, 0.1) is 5.82 Å². The number of nitrogens with zero attached hydrogens (tertiary/aromatic N) is 3. The Bertz CT molecular complexity index is 1030. The lowest BCUT2D eigenvalue weighted by Crippen LogP contribution is -2.18. The third-order valence-corrected chi connectivity index (χ3v) is 4.71. The van der Waals surface area contributed by atoms with Crippen molar-refractivity contribution >= 4 is 0 Å². The van der Waals surface area contributed by atoms with E-state index in [0.717, 1.165) is 28.1 Å². The summed E-state index contributed by atoms with van der Waals surface area (Å²) >= 11 is 0. The number of pyridine rings is 1. The van der Waals surface area contributed by atoms with Crippen LogP contribution in [0.3, 0.4) is 0 Å². The van der Waals surface area contributed by atoms with Crippen LogP contribution in [0.1, 0.15) is 24.1 Å². The monoisotopic (exact) mass is 372 g/mol. The molecular formula is C23H21FN4. The molecule has 4 aromatic rings. The number of benzene rings is 2. The standard InChI is InChI=1S/C23H21FN4/c1-17(19-6-5-13-25-14-19)26-15-20-16-28(22-7-3-2-4-8-22)27-23(20)18-9-11-21(24)12-10-18/h2-14,16-17,26H,15H2,1H3/t17-/m1/s1. The minimum absolute atomic E-state index is 0.148. The number of aromatic nitrogens is 3. The molecule has 0 radical (unpaired) electrons. The molecule has 2 aromatic carbocycles. The fraction of sp³-hybridized carbons (Fsp3) is 0.130. The van der Waals surface area contributed by atoms with Crippen molar-refractivity contribution in [2.45, 2.75) is 19.5 Å². The van der Waals surface area contributed by atoms with E-state index in [4.69, 9.17) is 5.10 Å². The maximum absolute atomic E-state index is 13.4. The number of halogens is 1. The van der Waals surface area contributed by atoms with Gasteiger partial charge in [-0.1, -0.05) is 24.3 Å². The molecule has 4 rings (SSSR count). The zero-order chi connectivity index (χ0) is 19.3. The molecule has 0 unspecified atom stereocenters. The van der Waals surface area contributed by atoms with Crippen LogP contribution >= 0.6 is 0 Å². The summed E-state index contributed by atoms with van der Waals surface area (Å²) in [5.41, 5.74) is 4.89. The number of hydrogen-bond donors (Lipinski definition) is 1. The van der Waals surface area contributed by atoms with Gasteiger partial charge in [-0.25, -0.2) is 9.07 Å². The molecule has 0 spiro atoms. The molecule has 2 heterocycles. The van der Waals surface area contributed by atoms with Crippen molar-refractivity contribution < 1.29 is 4.39 Å². The summed E-state index contributed by atoms with van der Waals surface area (Å²) in [5.74, 6) is -0.254. The molecule has 0 bridgehead atoms. The van der Waals surface area contributed by atoms with Crippen molar-refractivity contribution in [2.24, 2.45) is 0 Å². The van der Waals surface area contributed by atoms with E-state index in [9.17, 15) is 4.39 Å². The number of rotatable bonds is 6. The molecule has 0 amide bonds. The summed E-state index contributed by atoms with van der Waals surface area (Å²) in [6.45, 7) is 2.74. The van der Waals surface area contributed by atoms with Gasteiger partial charge in [-0.15, -0.1) is 0 Å². The molecule has 1 N–H and O–H groups in total. The van der Waals surface area contributed by atoms with Crippen molar-refractivity contribution in [3.8, 4) is 16.9 Å². The average molecular weight is 372 g/mol. The zero-order valence-electron chi connectivity index (χ0n) is 15.6. The van der Waals surface area contributed by atoms with Crippen LogP contribution in [0.5, 0.6) is 0 Å². The van der Waals surface area contributed by atoms with Crippen LogP contribution in [0.25, 0.3) is 16.9 Å². The van der Waals surface area contributed by atoms with E-state index in [1.165, 1.54) is 12.1 Å². The Balaban J connectivity index is 1.64. The van der Waals surface area contributed by atoms with Crippen LogP contribution in [-0.4, -0.2) is 14.8 Å². The number of nitrogens with one attached hydrogen (secondary N) is 1. The van der Waals surface area contributed by atoms with Gasteiger partial charge in [-0.05, 0) is 55.0 Å². The molecule has 0 saturated heterocycles. The van der Waals surface area contributed by atoms with Crippen molar-refractivity contribution in [1.82, 2.24) is 20.1 Å². The van der Waals surface area contributed by atoms with Crippen molar-refractivity contribution in [2.75, 3.05) is 0 Å². The molecule has 0 fully saturated rings. The Morgan fingerprint density at radius 3 is 2.50 bits per heavy atom. The lowest BCUT2D eigenvalue weighted by Gasteiger charge is -2.13. The molecule has 28 heavy (non-hydrogen) atoms. The van der Waals surface area contributed by atoms with Gasteiger partial charge in [-0.3, -0.25) is 4.98 Å². The SMILES string of the molecule is C[C@@H](NCc1cn(-c2ccccc2)nc1-c1ccc(F)cc1)c1cccnc1. The highest BCUT2D eigenvalue weighted by Gasteiger charge is 2.14. The first-order valence-corrected chi connectivity index (χ1v) is 9.24. The highest BCUT2D eigenvalue weighted by molar-refractivity contribution is 5.63. The van der Waals surface area contributed by atoms with E-state index in [0.29, 0.717) is 6.54 Å². The summed E-state index contributed by atoms with van der Waals surface area (Å²) in [6.07, 6.45) is 5.66. The molecular weight excluding hydrogens is 351 g/mol. The number of para-hydroxylation sites is 1. The Labute approximate surface area is 163 Å². The maximum atomic E-state index is 13.4. The van der Waals surface area contributed by atoms with Gasteiger partial charge in [0.2, 0.25) is 0 Å². The topological polar surface area (TPSA) is 42.7 Å². The first kappa shape index (κ1) is 18.1. The first-order valence-electron chi connectivity index (χ1n) is 9.24. The van der Waals surface area contributed by atoms with Gasteiger partial charge in [0, 0.05) is 42.3 Å². The highest BCUT2D eigenvalue weighted by atomic mass is 19.1. The molecule has 0 aliphatic heterocycles. The second-order valence-electron chi connectivity index (χ2n) is 6.68. The minimum Gasteiger partial charge on any atom is -0.306 e. The molecule has 2 aromatic heterocycles. The Morgan fingerprint density at radius 2 is 1.79 bits per heavy atom. The van der Waals surface area contributed by atoms with Crippen LogP contribution in [0.15, 0.2) is 85.3 Å². The molecule has 1 atom stereocenters. The lowest BCUT2D eigenvalue weighted by molar-refractivity contribution is 0.573. The van der Waals surface area contributed by atoms with Crippen LogP contribution in [-0.2, 0) is 6.54 Å². The van der Waals surface area contributed by atoms with Crippen LogP contribution in [0.4, 0.5) is 4.39 Å². The summed E-state index contributed by atoms with van der Waals surface area (Å²) in [5, 5.41) is 8.31. The molecule has 0 aliphatic rings. The third-order valence-electron chi connectivity index (χ3n) is 4.71. The fourth-order valence-electron chi connectivity index (χ4n) is 3.12. The smallest absolute Gasteiger partial charge is 0.123 e. The lowest BCUT2D eigenvalue weighted by atomic mass is 10.1. The van der Waals surface area contributed by atoms with Gasteiger partial charge >= 0.3 is 0 Å².